The van der Waals surface area contributed by atoms with Crippen molar-refractivity contribution in [3.05, 3.63) is 23.8 Å². The van der Waals surface area contributed by atoms with Crippen LogP contribution in [0.25, 0.3) is 0 Å². The van der Waals surface area contributed by atoms with E-state index < -0.39 is 47.5 Å². The minimum absolute atomic E-state index is 0.0228. The van der Waals surface area contributed by atoms with E-state index in [1.54, 1.807) is 27.7 Å². The van der Waals surface area contributed by atoms with Crippen LogP contribution in [0.4, 0.5) is 4.79 Å². The number of carbonyl (C=O) groups is 4. The Balaban J connectivity index is 3.15. The van der Waals surface area contributed by atoms with Crippen LogP contribution in [0.3, 0.4) is 0 Å². The average molecular weight is 482 g/mol. The lowest BCUT2D eigenvalue weighted by Gasteiger charge is -2.28. The minimum Gasteiger partial charge on any atom is -0.480 e. The van der Waals surface area contributed by atoms with Crippen molar-refractivity contribution < 1.29 is 43.2 Å². The van der Waals surface area contributed by atoms with E-state index >= 15 is 0 Å². The Bertz CT molecular complexity index is 881. The number of nitrogens with two attached hydrogens (primary N) is 1. The number of hydrogen-bond donors (Lipinski definition) is 2. The van der Waals surface area contributed by atoms with Crippen molar-refractivity contribution in [3.8, 4) is 11.5 Å². The molecular weight excluding hydrogens is 446 g/mol. The van der Waals surface area contributed by atoms with E-state index in [2.05, 4.69) is 0 Å². The maximum Gasteiger partial charge on any atom is 0.508 e. The van der Waals surface area contributed by atoms with Crippen molar-refractivity contribution in [1.82, 2.24) is 0 Å². The first-order chi connectivity index (χ1) is 15.8. The van der Waals surface area contributed by atoms with Gasteiger partial charge in [0.05, 0.1) is 18.4 Å². The Morgan fingerprint density at radius 1 is 0.971 bits per heavy atom. The lowest BCUT2D eigenvalue weighted by molar-refractivity contribution is -0.144. The molecule has 0 aliphatic carbocycles. The van der Waals surface area contributed by atoms with Crippen molar-refractivity contribution in [1.29, 1.82) is 0 Å². The summed E-state index contributed by atoms with van der Waals surface area (Å²) in [7, 11) is 0. The number of carboxylic acid groups (broad SMARTS) is 1. The Morgan fingerprint density at radius 3 is 2.03 bits per heavy atom. The molecule has 1 aromatic rings. The van der Waals surface area contributed by atoms with Gasteiger partial charge in [-0.15, -0.1) is 0 Å². The third kappa shape index (κ3) is 9.01. The van der Waals surface area contributed by atoms with Crippen molar-refractivity contribution in [2.45, 2.75) is 72.4 Å². The van der Waals surface area contributed by atoms with E-state index in [9.17, 15) is 24.3 Å². The molecule has 3 N–H and O–H groups in total. The van der Waals surface area contributed by atoms with Crippen molar-refractivity contribution in [2.75, 3.05) is 6.61 Å². The van der Waals surface area contributed by atoms with E-state index in [1.807, 2.05) is 6.92 Å². The van der Waals surface area contributed by atoms with Crippen LogP contribution in [0.2, 0.25) is 0 Å². The first-order valence-electron chi connectivity index (χ1n) is 11.2. The number of carboxylic acids is 1. The fraction of sp³-hybridized carbons (Fsp3) is 0.583. The molecule has 1 rings (SSSR count). The van der Waals surface area contributed by atoms with Gasteiger partial charge in [0, 0.05) is 12.8 Å². The van der Waals surface area contributed by atoms with Gasteiger partial charge in [-0.1, -0.05) is 40.7 Å². The molecule has 10 heteroatoms. The lowest BCUT2D eigenvalue weighted by Crippen LogP contribution is -2.52. The van der Waals surface area contributed by atoms with E-state index in [-0.39, 0.29) is 30.9 Å². The summed E-state index contributed by atoms with van der Waals surface area (Å²) in [4.78, 5) is 47.9. The highest BCUT2D eigenvalue weighted by Crippen LogP contribution is 2.32. The van der Waals surface area contributed by atoms with Gasteiger partial charge >= 0.3 is 24.1 Å². The lowest BCUT2D eigenvalue weighted by atomic mass is 9.86. The molecule has 0 saturated carbocycles. The molecule has 2 atom stereocenters. The van der Waals surface area contributed by atoms with Gasteiger partial charge in [0.25, 0.3) is 0 Å². The Labute approximate surface area is 199 Å². The van der Waals surface area contributed by atoms with Gasteiger partial charge in [-0.2, -0.15) is 0 Å². The summed E-state index contributed by atoms with van der Waals surface area (Å²) >= 11 is 0. The SMILES string of the molecule is CCCOC(=O)O[C@@H](C)CC(N)(Cc1ccc(OC(=O)C(C)C)c(OC(=O)C(C)C)c1)C(=O)O. The van der Waals surface area contributed by atoms with Crippen LogP contribution >= 0.6 is 0 Å². The summed E-state index contributed by atoms with van der Waals surface area (Å²) in [5.41, 5.74) is 4.80. The summed E-state index contributed by atoms with van der Waals surface area (Å²) in [5, 5.41) is 9.79. The van der Waals surface area contributed by atoms with Crippen LogP contribution < -0.4 is 15.2 Å². The molecule has 0 fully saturated rings. The Morgan fingerprint density at radius 2 is 1.53 bits per heavy atom. The zero-order chi connectivity index (χ0) is 26.1. The molecule has 0 heterocycles. The zero-order valence-corrected chi connectivity index (χ0v) is 20.6. The molecule has 0 spiro atoms. The summed E-state index contributed by atoms with van der Waals surface area (Å²) in [6.07, 6.45) is -1.50. The van der Waals surface area contributed by atoms with E-state index in [1.165, 1.54) is 25.1 Å². The van der Waals surface area contributed by atoms with Gasteiger partial charge in [0.2, 0.25) is 0 Å². The molecule has 1 aromatic carbocycles. The van der Waals surface area contributed by atoms with E-state index in [0.717, 1.165) is 0 Å². The molecule has 0 radical (unpaired) electrons. The van der Waals surface area contributed by atoms with Crippen LogP contribution in [0.1, 0.15) is 59.9 Å². The highest BCUT2D eigenvalue weighted by molar-refractivity contribution is 5.80. The topological polar surface area (TPSA) is 151 Å². The van der Waals surface area contributed by atoms with Gasteiger partial charge in [0.1, 0.15) is 11.6 Å². The van der Waals surface area contributed by atoms with Crippen LogP contribution in [0.15, 0.2) is 18.2 Å². The second kappa shape index (κ2) is 12.9. The van der Waals surface area contributed by atoms with Crippen molar-refractivity contribution in [3.63, 3.8) is 0 Å². The highest BCUT2D eigenvalue weighted by atomic mass is 16.7. The molecule has 0 aliphatic rings. The number of benzene rings is 1. The molecule has 10 nitrogen and oxygen atoms in total. The maximum atomic E-state index is 12.2. The quantitative estimate of drug-likeness (QED) is 0.335. The molecule has 190 valence electrons. The zero-order valence-electron chi connectivity index (χ0n) is 20.6. The smallest absolute Gasteiger partial charge is 0.480 e. The van der Waals surface area contributed by atoms with Crippen LogP contribution in [0, 0.1) is 11.8 Å². The standard InChI is InChI=1S/C24H35NO9/c1-7-10-31-23(30)32-16(6)12-24(25,22(28)29)13-17-8-9-18(33-20(26)14(2)3)19(11-17)34-21(27)15(4)5/h8-9,11,14-16H,7,10,12-13,25H2,1-6H3,(H,28,29)/t16-,24?/m0/s1. The molecule has 0 saturated heterocycles. The molecule has 0 aromatic heterocycles. The first kappa shape index (κ1) is 28.9. The molecule has 0 aliphatic heterocycles. The number of ether oxygens (including phenoxy) is 4. The predicted octanol–water partition coefficient (Wildman–Crippen LogP) is 3.48. The van der Waals surface area contributed by atoms with Crippen molar-refractivity contribution >= 4 is 24.1 Å². The third-order valence-corrected chi connectivity index (χ3v) is 4.69. The monoisotopic (exact) mass is 481 g/mol. The van der Waals surface area contributed by atoms with E-state index in [0.29, 0.717) is 12.0 Å². The fourth-order valence-corrected chi connectivity index (χ4v) is 2.82. The largest absolute Gasteiger partial charge is 0.508 e. The van der Waals surface area contributed by atoms with Crippen LogP contribution in [-0.2, 0) is 30.3 Å². The van der Waals surface area contributed by atoms with Gasteiger partial charge < -0.3 is 29.8 Å². The van der Waals surface area contributed by atoms with Gasteiger partial charge in [0.15, 0.2) is 11.5 Å². The highest BCUT2D eigenvalue weighted by Gasteiger charge is 2.37. The summed E-state index contributed by atoms with van der Waals surface area (Å²) in [6, 6.07) is 4.36. The predicted molar refractivity (Wildman–Crippen MR) is 122 cm³/mol. The molecule has 1 unspecified atom stereocenters. The molecular formula is C24H35NO9. The molecule has 34 heavy (non-hydrogen) atoms. The summed E-state index contributed by atoms with van der Waals surface area (Å²) in [5.74, 6) is -3.23. The van der Waals surface area contributed by atoms with Gasteiger partial charge in [-0.25, -0.2) is 4.79 Å². The molecule has 0 bridgehead atoms. The second-order valence-electron chi connectivity index (χ2n) is 8.80. The molecule has 0 amide bonds. The van der Waals surface area contributed by atoms with Gasteiger partial charge in [-0.3, -0.25) is 14.4 Å². The fourth-order valence-electron chi connectivity index (χ4n) is 2.82. The third-order valence-electron chi connectivity index (χ3n) is 4.69. The first-order valence-corrected chi connectivity index (χ1v) is 11.2. The Hall–Kier alpha value is -3.14. The van der Waals surface area contributed by atoms with Crippen LogP contribution in [-0.4, -0.2) is 47.4 Å². The van der Waals surface area contributed by atoms with Crippen molar-refractivity contribution in [2.24, 2.45) is 17.6 Å². The number of hydrogen-bond acceptors (Lipinski definition) is 9. The maximum absolute atomic E-state index is 12.2. The van der Waals surface area contributed by atoms with Gasteiger partial charge in [-0.05, 0) is 31.0 Å². The number of carbonyl (C=O) groups excluding carboxylic acids is 3. The van der Waals surface area contributed by atoms with Crippen LogP contribution in [0.5, 0.6) is 11.5 Å². The number of aliphatic carboxylic acids is 1. The second-order valence-corrected chi connectivity index (χ2v) is 8.80. The minimum atomic E-state index is -1.81. The Kier molecular flexibility index (Phi) is 11.0. The van der Waals surface area contributed by atoms with E-state index in [4.69, 9.17) is 24.7 Å². The average Bonchev–Trinajstić information content (AvgIpc) is 2.73. The summed E-state index contributed by atoms with van der Waals surface area (Å²) in [6.45, 7) is 10.1. The number of rotatable bonds is 12. The normalized spacial score (nSPS) is 13.7. The number of esters is 2. The summed E-state index contributed by atoms with van der Waals surface area (Å²) < 4.78 is 20.7.